The minimum atomic E-state index is -1.21. The lowest BCUT2D eigenvalue weighted by Gasteiger charge is -2.23. The van der Waals surface area contributed by atoms with Crippen LogP contribution in [0.25, 0.3) is 0 Å². The predicted molar refractivity (Wildman–Crippen MR) is 123 cm³/mol. The summed E-state index contributed by atoms with van der Waals surface area (Å²) >= 11 is 0. The Labute approximate surface area is 197 Å². The molecule has 4 atom stereocenters. The summed E-state index contributed by atoms with van der Waals surface area (Å²) in [5.41, 5.74) is 1.40. The van der Waals surface area contributed by atoms with Gasteiger partial charge < -0.3 is 31.4 Å². The lowest BCUT2D eigenvalue weighted by atomic mass is 10.0. The predicted octanol–water partition coefficient (Wildman–Crippen LogP) is -0.494. The summed E-state index contributed by atoms with van der Waals surface area (Å²) in [7, 11) is 0. The maximum absolute atomic E-state index is 13.0. The first kappa shape index (κ1) is 24.9. The summed E-state index contributed by atoms with van der Waals surface area (Å²) < 4.78 is 0. The van der Waals surface area contributed by atoms with Gasteiger partial charge in [-0.1, -0.05) is 30.3 Å². The van der Waals surface area contributed by atoms with Crippen molar-refractivity contribution in [2.75, 3.05) is 6.54 Å². The molecule has 2 heterocycles. The van der Waals surface area contributed by atoms with Crippen molar-refractivity contribution < 1.29 is 24.3 Å². The Morgan fingerprint density at radius 2 is 1.82 bits per heavy atom. The van der Waals surface area contributed by atoms with Crippen LogP contribution >= 0.6 is 0 Å². The lowest BCUT2D eigenvalue weighted by Crippen LogP contribution is -2.57. The Kier molecular flexibility index (Phi) is 8.74. The lowest BCUT2D eigenvalue weighted by molar-refractivity contribution is -0.142. The molecule has 182 valence electrons. The number of aromatic amines is 1. The van der Waals surface area contributed by atoms with E-state index < -0.39 is 35.9 Å². The van der Waals surface area contributed by atoms with Crippen LogP contribution in [0.4, 0.5) is 0 Å². The summed E-state index contributed by atoms with van der Waals surface area (Å²) in [5, 5.41) is 20.4. The molecule has 6 N–H and O–H groups in total. The van der Waals surface area contributed by atoms with Gasteiger partial charge in [0.25, 0.3) is 0 Å². The molecule has 2 aromatic rings. The van der Waals surface area contributed by atoms with Crippen LogP contribution in [-0.2, 0) is 32.0 Å². The third-order valence-corrected chi connectivity index (χ3v) is 5.64. The number of nitrogens with zero attached hydrogens (tertiary/aromatic N) is 1. The van der Waals surface area contributed by atoms with Crippen molar-refractivity contribution >= 4 is 23.7 Å². The Balaban J connectivity index is 1.62. The van der Waals surface area contributed by atoms with E-state index in [2.05, 4.69) is 31.2 Å². The minimum absolute atomic E-state index is 0.0167. The molecule has 3 rings (SSSR count). The van der Waals surface area contributed by atoms with Gasteiger partial charge in [-0.3, -0.25) is 14.4 Å². The zero-order chi connectivity index (χ0) is 24.5. The number of carbonyl (C=O) groups excluding carboxylic acids is 3. The molecule has 11 nitrogen and oxygen atoms in total. The molecule has 1 fully saturated rings. The number of hydrogen-bond acceptors (Lipinski definition) is 6. The van der Waals surface area contributed by atoms with Crippen molar-refractivity contribution in [1.82, 2.24) is 31.2 Å². The van der Waals surface area contributed by atoms with E-state index in [1.165, 1.54) is 19.4 Å². The highest BCUT2D eigenvalue weighted by Crippen LogP contribution is 2.08. The summed E-state index contributed by atoms with van der Waals surface area (Å²) in [6.45, 7) is 2.20. The van der Waals surface area contributed by atoms with Crippen molar-refractivity contribution in [2.45, 2.75) is 56.8 Å². The number of carboxylic acids is 1. The van der Waals surface area contributed by atoms with Crippen molar-refractivity contribution in [3.63, 3.8) is 0 Å². The van der Waals surface area contributed by atoms with Gasteiger partial charge in [0.05, 0.1) is 12.4 Å². The normalized spacial score (nSPS) is 17.9. The van der Waals surface area contributed by atoms with E-state index >= 15 is 0 Å². The van der Waals surface area contributed by atoms with Gasteiger partial charge in [0.1, 0.15) is 18.1 Å². The van der Waals surface area contributed by atoms with Crippen LogP contribution in [0.5, 0.6) is 0 Å². The van der Waals surface area contributed by atoms with Gasteiger partial charge in [-0.15, -0.1) is 0 Å². The number of benzene rings is 1. The maximum Gasteiger partial charge on any atom is 0.326 e. The van der Waals surface area contributed by atoms with Crippen molar-refractivity contribution in [1.29, 1.82) is 0 Å². The van der Waals surface area contributed by atoms with Crippen LogP contribution in [0, 0.1) is 0 Å². The second-order valence-corrected chi connectivity index (χ2v) is 8.31. The Morgan fingerprint density at radius 1 is 1.06 bits per heavy atom. The van der Waals surface area contributed by atoms with Crippen molar-refractivity contribution in [3.05, 3.63) is 54.1 Å². The average Bonchev–Trinajstić information content (AvgIpc) is 3.53. The number of nitrogens with one attached hydrogen (secondary N) is 5. The molecular weight excluding hydrogens is 440 g/mol. The van der Waals surface area contributed by atoms with E-state index in [0.29, 0.717) is 12.1 Å². The first-order valence-corrected chi connectivity index (χ1v) is 11.2. The van der Waals surface area contributed by atoms with Gasteiger partial charge in [0, 0.05) is 24.7 Å². The third kappa shape index (κ3) is 7.14. The van der Waals surface area contributed by atoms with Gasteiger partial charge in [0.2, 0.25) is 17.7 Å². The van der Waals surface area contributed by atoms with Crippen LogP contribution in [-0.4, -0.2) is 69.5 Å². The zero-order valence-electron chi connectivity index (χ0n) is 18.9. The van der Waals surface area contributed by atoms with E-state index in [1.54, 1.807) is 0 Å². The summed E-state index contributed by atoms with van der Waals surface area (Å²) in [5.74, 6) is -2.66. The molecule has 3 amide bonds. The molecule has 11 heteroatoms. The average molecular weight is 471 g/mol. The topological polar surface area (TPSA) is 165 Å². The summed E-state index contributed by atoms with van der Waals surface area (Å²) in [4.78, 5) is 56.5. The molecule has 1 saturated heterocycles. The van der Waals surface area contributed by atoms with Crippen LogP contribution in [0.3, 0.4) is 0 Å². The van der Waals surface area contributed by atoms with Gasteiger partial charge in [0.15, 0.2) is 0 Å². The molecule has 1 aromatic carbocycles. The second-order valence-electron chi connectivity index (χ2n) is 8.31. The number of aliphatic carboxylic acids is 1. The Morgan fingerprint density at radius 3 is 2.44 bits per heavy atom. The summed E-state index contributed by atoms with van der Waals surface area (Å²) in [6, 6.07) is 5.77. The first-order valence-electron chi connectivity index (χ1n) is 11.2. The number of H-pyrrole nitrogens is 1. The maximum atomic E-state index is 13.0. The number of hydrogen-bond donors (Lipinski definition) is 6. The number of rotatable bonds is 11. The Hall–Kier alpha value is -3.73. The van der Waals surface area contributed by atoms with E-state index in [0.717, 1.165) is 18.5 Å². The van der Waals surface area contributed by atoms with Gasteiger partial charge in [-0.2, -0.15) is 0 Å². The summed E-state index contributed by atoms with van der Waals surface area (Å²) in [6.07, 6.45) is 4.73. The monoisotopic (exact) mass is 470 g/mol. The number of amides is 3. The highest BCUT2D eigenvalue weighted by Gasteiger charge is 2.30. The van der Waals surface area contributed by atoms with Crippen LogP contribution in [0.15, 0.2) is 42.9 Å². The number of carbonyl (C=O) groups is 4. The molecule has 4 unspecified atom stereocenters. The second kappa shape index (κ2) is 11.9. The molecule has 0 spiro atoms. The smallest absolute Gasteiger partial charge is 0.326 e. The van der Waals surface area contributed by atoms with E-state index in [4.69, 9.17) is 0 Å². The molecule has 34 heavy (non-hydrogen) atoms. The number of aromatic nitrogens is 2. The molecule has 0 aliphatic carbocycles. The van der Waals surface area contributed by atoms with Crippen molar-refractivity contribution in [3.8, 4) is 0 Å². The number of carboxylic acid groups (broad SMARTS) is 1. The quantitative estimate of drug-likeness (QED) is 0.258. The molecule has 0 radical (unpaired) electrons. The van der Waals surface area contributed by atoms with Gasteiger partial charge in [-0.05, 0) is 31.9 Å². The fourth-order valence-electron chi connectivity index (χ4n) is 3.73. The Bertz CT molecular complexity index is 975. The molecule has 0 saturated carbocycles. The molecule has 0 bridgehead atoms. The largest absolute Gasteiger partial charge is 0.480 e. The SMILES string of the molecule is CC(NC(=O)C(Cc1ccccc1)NC(=O)C1CCCN1)C(=O)NC(Cc1cnc[nH]1)C(=O)O. The molecular formula is C23H30N6O5. The van der Waals surface area contributed by atoms with Crippen molar-refractivity contribution in [2.24, 2.45) is 0 Å². The van der Waals surface area contributed by atoms with E-state index in [1.807, 2.05) is 30.3 Å². The van der Waals surface area contributed by atoms with Crippen LogP contribution in [0.1, 0.15) is 31.0 Å². The van der Waals surface area contributed by atoms with Crippen LogP contribution in [0.2, 0.25) is 0 Å². The van der Waals surface area contributed by atoms with E-state index in [-0.39, 0.29) is 24.8 Å². The third-order valence-electron chi connectivity index (χ3n) is 5.64. The fourth-order valence-corrected chi connectivity index (χ4v) is 3.73. The zero-order valence-corrected chi connectivity index (χ0v) is 18.9. The standard InChI is InChI=1S/C23H30N6O5/c1-14(20(30)29-19(23(33)34)11-16-12-24-13-26-16)27-22(32)18(10-15-6-3-2-4-7-15)28-21(31)17-8-5-9-25-17/h2-4,6-7,12-14,17-19,25H,5,8-11H2,1H3,(H,24,26)(H,27,32)(H,28,31)(H,29,30)(H,33,34). The van der Waals surface area contributed by atoms with Gasteiger partial charge >= 0.3 is 5.97 Å². The molecule has 1 aliphatic heterocycles. The fraction of sp³-hybridized carbons (Fsp3) is 0.435. The highest BCUT2D eigenvalue weighted by molar-refractivity contribution is 5.94. The van der Waals surface area contributed by atoms with Gasteiger partial charge in [-0.25, -0.2) is 9.78 Å². The number of imidazole rings is 1. The minimum Gasteiger partial charge on any atom is -0.480 e. The highest BCUT2D eigenvalue weighted by atomic mass is 16.4. The molecule has 1 aliphatic rings. The van der Waals surface area contributed by atoms with Crippen LogP contribution < -0.4 is 21.3 Å². The molecule has 1 aromatic heterocycles. The first-order chi connectivity index (χ1) is 16.3. The van der Waals surface area contributed by atoms with E-state index in [9.17, 15) is 24.3 Å².